The molecule has 88 valence electrons. The first-order chi connectivity index (χ1) is 7.54. The topological polar surface area (TPSA) is 49.3 Å². The van der Waals surface area contributed by atoms with Crippen LogP contribution in [0.2, 0.25) is 5.02 Å². The van der Waals surface area contributed by atoms with Crippen molar-refractivity contribution in [2.24, 2.45) is 5.92 Å². The molecule has 0 radical (unpaired) electrons. The van der Waals surface area contributed by atoms with Gasteiger partial charge in [0.05, 0.1) is 5.56 Å². The van der Waals surface area contributed by atoms with Crippen molar-refractivity contribution in [3.8, 4) is 0 Å². The molecule has 0 heterocycles. The van der Waals surface area contributed by atoms with Crippen LogP contribution in [0.4, 0.5) is 5.69 Å². The highest BCUT2D eigenvalue weighted by molar-refractivity contribution is 6.31. The molecule has 0 spiro atoms. The highest BCUT2D eigenvalue weighted by Gasteiger charge is 2.10. The zero-order valence-corrected chi connectivity index (χ0v) is 10.2. The molecule has 4 heteroatoms. The fraction of sp³-hybridized carbons (Fsp3) is 0.417. The van der Waals surface area contributed by atoms with Crippen molar-refractivity contribution in [3.05, 3.63) is 28.8 Å². The van der Waals surface area contributed by atoms with Gasteiger partial charge in [-0.2, -0.15) is 0 Å². The van der Waals surface area contributed by atoms with Crippen LogP contribution < -0.4 is 5.32 Å². The molecule has 0 aliphatic rings. The minimum atomic E-state index is -0.964. The van der Waals surface area contributed by atoms with Crippen molar-refractivity contribution in [1.29, 1.82) is 0 Å². The number of carboxylic acid groups (broad SMARTS) is 1. The summed E-state index contributed by atoms with van der Waals surface area (Å²) in [6, 6.07) is 4.85. The quantitative estimate of drug-likeness (QED) is 0.830. The largest absolute Gasteiger partial charge is 0.478 e. The van der Waals surface area contributed by atoms with Crippen LogP contribution in [0.25, 0.3) is 0 Å². The maximum Gasteiger partial charge on any atom is 0.337 e. The van der Waals surface area contributed by atoms with Crippen molar-refractivity contribution >= 4 is 23.3 Å². The van der Waals surface area contributed by atoms with Gasteiger partial charge >= 0.3 is 5.97 Å². The van der Waals surface area contributed by atoms with Crippen LogP contribution in [0.1, 0.15) is 30.6 Å². The standard InChI is InChI=1S/C12H16ClNO2/c1-3-8(2)7-14-11-5-4-9(13)6-10(11)12(15)16/h4-6,8,14H,3,7H2,1-2H3,(H,15,16). The van der Waals surface area contributed by atoms with Gasteiger partial charge in [0.25, 0.3) is 0 Å². The van der Waals surface area contributed by atoms with E-state index in [1.807, 2.05) is 0 Å². The van der Waals surface area contributed by atoms with E-state index < -0.39 is 5.97 Å². The zero-order valence-electron chi connectivity index (χ0n) is 9.46. The number of carboxylic acids is 1. The third-order valence-corrected chi connectivity index (χ3v) is 2.79. The molecule has 0 aliphatic heterocycles. The van der Waals surface area contributed by atoms with Gasteiger partial charge in [-0.05, 0) is 24.1 Å². The van der Waals surface area contributed by atoms with Crippen molar-refractivity contribution < 1.29 is 9.90 Å². The Morgan fingerprint density at radius 3 is 2.81 bits per heavy atom. The van der Waals surface area contributed by atoms with Gasteiger partial charge in [0.2, 0.25) is 0 Å². The summed E-state index contributed by atoms with van der Waals surface area (Å²) in [4.78, 5) is 11.0. The smallest absolute Gasteiger partial charge is 0.337 e. The van der Waals surface area contributed by atoms with E-state index in [-0.39, 0.29) is 5.56 Å². The van der Waals surface area contributed by atoms with E-state index in [4.69, 9.17) is 16.7 Å². The molecule has 1 unspecified atom stereocenters. The molecule has 0 saturated heterocycles. The second-order valence-corrected chi connectivity index (χ2v) is 4.33. The molecule has 0 aromatic heterocycles. The van der Waals surface area contributed by atoms with Gasteiger partial charge < -0.3 is 10.4 Å². The Morgan fingerprint density at radius 1 is 1.56 bits per heavy atom. The Labute approximate surface area is 100 Å². The van der Waals surface area contributed by atoms with Crippen LogP contribution in [-0.4, -0.2) is 17.6 Å². The predicted octanol–water partition coefficient (Wildman–Crippen LogP) is 3.50. The maximum absolute atomic E-state index is 11.0. The van der Waals surface area contributed by atoms with Crippen LogP contribution in [0.15, 0.2) is 18.2 Å². The number of carbonyl (C=O) groups is 1. The number of rotatable bonds is 5. The number of hydrogen-bond donors (Lipinski definition) is 2. The average Bonchev–Trinajstić information content (AvgIpc) is 2.26. The van der Waals surface area contributed by atoms with Gasteiger partial charge in [-0.15, -0.1) is 0 Å². The Bertz CT molecular complexity index is 379. The van der Waals surface area contributed by atoms with E-state index in [9.17, 15) is 4.79 Å². The molecule has 2 N–H and O–H groups in total. The summed E-state index contributed by atoms with van der Waals surface area (Å²) in [5.41, 5.74) is 0.841. The van der Waals surface area contributed by atoms with Crippen LogP contribution in [0, 0.1) is 5.92 Å². The number of aromatic carboxylic acids is 1. The Balaban J connectivity index is 2.82. The number of nitrogens with one attached hydrogen (secondary N) is 1. The molecule has 0 fully saturated rings. The van der Waals surface area contributed by atoms with Crippen molar-refractivity contribution in [2.45, 2.75) is 20.3 Å². The van der Waals surface area contributed by atoms with Crippen LogP contribution in [0.5, 0.6) is 0 Å². The van der Waals surface area contributed by atoms with E-state index >= 15 is 0 Å². The van der Waals surface area contributed by atoms with Crippen molar-refractivity contribution in [3.63, 3.8) is 0 Å². The predicted molar refractivity (Wildman–Crippen MR) is 66.4 cm³/mol. The lowest BCUT2D eigenvalue weighted by atomic mass is 10.1. The number of anilines is 1. The zero-order chi connectivity index (χ0) is 12.1. The molecule has 1 atom stereocenters. The fourth-order valence-electron chi connectivity index (χ4n) is 1.28. The third-order valence-electron chi connectivity index (χ3n) is 2.55. The normalized spacial score (nSPS) is 12.2. The number of hydrogen-bond acceptors (Lipinski definition) is 2. The van der Waals surface area contributed by atoms with Gasteiger partial charge in [0.1, 0.15) is 0 Å². The van der Waals surface area contributed by atoms with Gasteiger partial charge in [-0.1, -0.05) is 31.9 Å². The van der Waals surface area contributed by atoms with Gasteiger partial charge in [0, 0.05) is 17.3 Å². The van der Waals surface area contributed by atoms with Gasteiger partial charge in [0.15, 0.2) is 0 Å². The second-order valence-electron chi connectivity index (χ2n) is 3.89. The summed E-state index contributed by atoms with van der Waals surface area (Å²) in [5, 5.41) is 12.6. The highest BCUT2D eigenvalue weighted by atomic mass is 35.5. The van der Waals surface area contributed by atoms with Crippen LogP contribution in [-0.2, 0) is 0 Å². The number of halogens is 1. The summed E-state index contributed by atoms with van der Waals surface area (Å²) in [6.07, 6.45) is 1.06. The third kappa shape index (κ3) is 3.42. The summed E-state index contributed by atoms with van der Waals surface area (Å²) in [5.74, 6) is -0.452. The molecule has 1 rings (SSSR count). The highest BCUT2D eigenvalue weighted by Crippen LogP contribution is 2.21. The van der Waals surface area contributed by atoms with Gasteiger partial charge in [-0.3, -0.25) is 0 Å². The Morgan fingerprint density at radius 2 is 2.25 bits per heavy atom. The number of benzene rings is 1. The molecule has 1 aromatic carbocycles. The minimum Gasteiger partial charge on any atom is -0.478 e. The first-order valence-corrected chi connectivity index (χ1v) is 5.69. The van der Waals surface area contributed by atoms with E-state index in [1.54, 1.807) is 12.1 Å². The molecule has 0 bridgehead atoms. The van der Waals surface area contributed by atoms with E-state index in [1.165, 1.54) is 6.07 Å². The summed E-state index contributed by atoms with van der Waals surface area (Å²) < 4.78 is 0. The SMILES string of the molecule is CCC(C)CNc1ccc(Cl)cc1C(=O)O. The lowest BCUT2D eigenvalue weighted by Crippen LogP contribution is -2.13. The molecule has 0 amide bonds. The molecule has 1 aromatic rings. The molecule has 0 aliphatic carbocycles. The lowest BCUT2D eigenvalue weighted by molar-refractivity contribution is 0.0698. The molecule has 3 nitrogen and oxygen atoms in total. The minimum absolute atomic E-state index is 0.218. The second kappa shape index (κ2) is 5.75. The first-order valence-electron chi connectivity index (χ1n) is 5.31. The molecular weight excluding hydrogens is 226 g/mol. The average molecular weight is 242 g/mol. The lowest BCUT2D eigenvalue weighted by Gasteiger charge is -2.13. The van der Waals surface area contributed by atoms with Crippen LogP contribution >= 0.6 is 11.6 Å². The molecule has 0 saturated carbocycles. The van der Waals surface area contributed by atoms with E-state index in [0.29, 0.717) is 16.6 Å². The fourth-order valence-corrected chi connectivity index (χ4v) is 1.45. The Kier molecular flexibility index (Phi) is 4.62. The maximum atomic E-state index is 11.0. The summed E-state index contributed by atoms with van der Waals surface area (Å²) >= 11 is 5.76. The molecular formula is C12H16ClNO2. The van der Waals surface area contributed by atoms with Crippen molar-refractivity contribution in [1.82, 2.24) is 0 Å². The molecule has 16 heavy (non-hydrogen) atoms. The van der Waals surface area contributed by atoms with Gasteiger partial charge in [-0.25, -0.2) is 4.79 Å². The van der Waals surface area contributed by atoms with Crippen LogP contribution in [0.3, 0.4) is 0 Å². The monoisotopic (exact) mass is 241 g/mol. The Hall–Kier alpha value is -1.22. The van der Waals surface area contributed by atoms with Crippen molar-refractivity contribution in [2.75, 3.05) is 11.9 Å². The summed E-state index contributed by atoms with van der Waals surface area (Å²) in [7, 11) is 0. The first kappa shape index (κ1) is 12.8. The van der Waals surface area contributed by atoms with E-state index in [2.05, 4.69) is 19.2 Å². The summed E-state index contributed by atoms with van der Waals surface area (Å²) in [6.45, 7) is 4.98. The van der Waals surface area contributed by atoms with E-state index in [0.717, 1.165) is 13.0 Å².